The lowest BCUT2D eigenvalue weighted by Crippen LogP contribution is -2.17. The van der Waals surface area contributed by atoms with Crippen molar-refractivity contribution in [1.29, 1.82) is 0 Å². The number of unbranched alkanes of at least 4 members (excludes halogenated alkanes) is 13. The number of nitrogens with one attached hydrogen (secondary N) is 1. The van der Waals surface area contributed by atoms with Crippen molar-refractivity contribution in [2.75, 3.05) is 11.9 Å². The number of hydrogen-bond acceptors (Lipinski definition) is 5. The van der Waals surface area contributed by atoms with Gasteiger partial charge < -0.3 is 20.3 Å². The van der Waals surface area contributed by atoms with Crippen molar-refractivity contribution in [3.05, 3.63) is 59.2 Å². The molecule has 1 amide bonds. The Balaban J connectivity index is 1.60. The Morgan fingerprint density at radius 3 is 1.56 bits per heavy atom. The first kappa shape index (κ1) is 33.5. The van der Waals surface area contributed by atoms with E-state index in [0.29, 0.717) is 17.9 Å². The highest BCUT2D eigenvalue weighted by Crippen LogP contribution is 2.18. The first-order chi connectivity index (χ1) is 19.8. The Bertz CT molecular complexity index is 1080. The lowest BCUT2D eigenvalue weighted by Gasteiger charge is -2.09. The Morgan fingerprint density at radius 2 is 1.10 bits per heavy atom. The Hall–Kier alpha value is -3.68. The summed E-state index contributed by atoms with van der Waals surface area (Å²) in [7, 11) is 0. The summed E-state index contributed by atoms with van der Waals surface area (Å²) in [5.74, 6) is -3.09. The van der Waals surface area contributed by atoms with E-state index in [1.165, 1.54) is 77.0 Å². The topological polar surface area (TPSA) is 130 Å². The first-order valence-corrected chi connectivity index (χ1v) is 15.0. The van der Waals surface area contributed by atoms with Gasteiger partial charge in [-0.3, -0.25) is 9.59 Å². The number of amides is 1. The van der Waals surface area contributed by atoms with Gasteiger partial charge in [-0.05, 0) is 48.9 Å². The third-order valence-corrected chi connectivity index (χ3v) is 6.97. The van der Waals surface area contributed by atoms with E-state index in [9.17, 15) is 19.2 Å². The molecule has 0 aromatic heterocycles. The number of ether oxygens (including phenoxy) is 1. The second-order valence-electron chi connectivity index (χ2n) is 10.5. The third-order valence-electron chi connectivity index (χ3n) is 6.97. The van der Waals surface area contributed by atoms with Gasteiger partial charge in [0, 0.05) is 11.3 Å². The number of ketones is 1. The van der Waals surface area contributed by atoms with Crippen LogP contribution in [0, 0.1) is 0 Å². The molecule has 0 spiro atoms. The zero-order valence-electron chi connectivity index (χ0n) is 24.3. The first-order valence-electron chi connectivity index (χ1n) is 15.0. The van der Waals surface area contributed by atoms with Gasteiger partial charge in [0.2, 0.25) is 5.91 Å². The van der Waals surface area contributed by atoms with Crippen LogP contribution in [0.5, 0.6) is 5.75 Å². The van der Waals surface area contributed by atoms with Gasteiger partial charge in [0.15, 0.2) is 5.78 Å². The number of benzene rings is 2. The SMILES string of the molecule is CCCCCCCCCCCCCCCCOc1ccc(C(=O)CC(=O)Nc2cc(C(=O)O)cc(C(=O)O)c2)cc1. The normalized spacial score (nSPS) is 10.8. The zero-order chi connectivity index (χ0) is 29.9. The summed E-state index contributed by atoms with van der Waals surface area (Å²) in [5, 5.41) is 20.7. The molecule has 2 aromatic rings. The molecule has 0 unspecified atom stereocenters. The van der Waals surface area contributed by atoms with Crippen LogP contribution in [0.2, 0.25) is 0 Å². The van der Waals surface area contributed by atoms with Gasteiger partial charge in [0.1, 0.15) is 5.75 Å². The Kier molecular flexibility index (Phi) is 15.9. The molecule has 0 saturated carbocycles. The lowest BCUT2D eigenvalue weighted by atomic mass is 10.0. The number of Topliss-reactive ketones (excluding diaryl/α,β-unsaturated/α-hetero) is 1. The fraction of sp³-hybridized carbons (Fsp3) is 0.515. The van der Waals surface area contributed by atoms with Crippen molar-refractivity contribution in [3.63, 3.8) is 0 Å². The van der Waals surface area contributed by atoms with Gasteiger partial charge in [-0.1, -0.05) is 90.4 Å². The van der Waals surface area contributed by atoms with Crippen LogP contribution in [0.15, 0.2) is 42.5 Å². The highest BCUT2D eigenvalue weighted by Gasteiger charge is 2.16. The number of carboxylic acid groups (broad SMARTS) is 2. The molecule has 3 N–H and O–H groups in total. The molecule has 2 aromatic carbocycles. The smallest absolute Gasteiger partial charge is 0.335 e. The fourth-order valence-electron chi connectivity index (χ4n) is 4.62. The minimum Gasteiger partial charge on any atom is -0.494 e. The van der Waals surface area contributed by atoms with E-state index in [4.69, 9.17) is 14.9 Å². The predicted molar refractivity (Wildman–Crippen MR) is 160 cm³/mol. The third kappa shape index (κ3) is 14.0. The van der Waals surface area contributed by atoms with Crippen LogP contribution < -0.4 is 10.1 Å². The van der Waals surface area contributed by atoms with E-state index < -0.39 is 30.0 Å². The maximum Gasteiger partial charge on any atom is 0.335 e. The van der Waals surface area contributed by atoms with Gasteiger partial charge in [-0.25, -0.2) is 9.59 Å². The standard InChI is InChI=1S/C33H45NO7/c1-2-3-4-5-6-7-8-9-10-11-12-13-14-15-20-41-29-18-16-25(17-19-29)30(35)24-31(36)34-28-22-26(32(37)38)21-27(23-28)33(39)40/h16-19,21-23H,2-15,20,24H2,1H3,(H,34,36)(H,37,38)(H,39,40). The van der Waals surface area contributed by atoms with E-state index in [0.717, 1.165) is 31.0 Å². The van der Waals surface area contributed by atoms with Crippen molar-refractivity contribution < 1.29 is 34.1 Å². The molecule has 8 heteroatoms. The van der Waals surface area contributed by atoms with Gasteiger partial charge in [0.05, 0.1) is 24.2 Å². The van der Waals surface area contributed by atoms with Crippen LogP contribution in [-0.2, 0) is 4.79 Å². The summed E-state index contributed by atoms with van der Waals surface area (Å²) >= 11 is 0. The summed E-state index contributed by atoms with van der Waals surface area (Å²) < 4.78 is 5.78. The number of anilines is 1. The van der Waals surface area contributed by atoms with E-state index in [-0.39, 0.29) is 16.8 Å². The van der Waals surface area contributed by atoms with Crippen LogP contribution in [0.4, 0.5) is 5.69 Å². The molecule has 41 heavy (non-hydrogen) atoms. The molecule has 0 atom stereocenters. The summed E-state index contributed by atoms with van der Waals surface area (Å²) in [6, 6.07) is 9.87. The number of rotatable bonds is 22. The molecule has 0 fully saturated rings. The summed E-state index contributed by atoms with van der Waals surface area (Å²) in [6.45, 7) is 2.87. The molecular formula is C33H45NO7. The monoisotopic (exact) mass is 567 g/mol. The average molecular weight is 568 g/mol. The van der Waals surface area contributed by atoms with Crippen LogP contribution >= 0.6 is 0 Å². The molecule has 0 bridgehead atoms. The summed E-state index contributed by atoms with van der Waals surface area (Å²) in [6.07, 6.45) is 17.7. The maximum absolute atomic E-state index is 12.5. The van der Waals surface area contributed by atoms with Crippen molar-refractivity contribution in [1.82, 2.24) is 0 Å². The van der Waals surface area contributed by atoms with Gasteiger partial charge in [-0.2, -0.15) is 0 Å². The second-order valence-corrected chi connectivity index (χ2v) is 10.5. The number of aromatic carboxylic acids is 2. The van der Waals surface area contributed by atoms with Crippen molar-refractivity contribution in [2.24, 2.45) is 0 Å². The zero-order valence-corrected chi connectivity index (χ0v) is 24.3. The number of carboxylic acids is 2. The number of carbonyl (C=O) groups is 4. The maximum atomic E-state index is 12.5. The Labute approximate surface area is 243 Å². The van der Waals surface area contributed by atoms with Gasteiger partial charge in [-0.15, -0.1) is 0 Å². The lowest BCUT2D eigenvalue weighted by molar-refractivity contribution is -0.115. The Morgan fingerprint density at radius 1 is 0.634 bits per heavy atom. The molecule has 2 rings (SSSR count). The van der Waals surface area contributed by atoms with Gasteiger partial charge in [0.25, 0.3) is 0 Å². The highest BCUT2D eigenvalue weighted by molar-refractivity contribution is 6.11. The van der Waals surface area contributed by atoms with Crippen LogP contribution in [0.3, 0.4) is 0 Å². The average Bonchev–Trinajstić information content (AvgIpc) is 2.95. The predicted octanol–water partition coefficient (Wildman–Crippen LogP) is 8.15. The largest absolute Gasteiger partial charge is 0.494 e. The quantitative estimate of drug-likeness (QED) is 0.0743. The number of carbonyl (C=O) groups excluding carboxylic acids is 2. The molecule has 0 radical (unpaired) electrons. The van der Waals surface area contributed by atoms with Crippen molar-refractivity contribution in [3.8, 4) is 5.75 Å². The summed E-state index contributed by atoms with van der Waals surface area (Å²) in [5.41, 5.74) is -0.228. The van der Waals surface area contributed by atoms with Crippen molar-refractivity contribution >= 4 is 29.3 Å². The molecule has 0 aliphatic carbocycles. The van der Waals surface area contributed by atoms with E-state index in [1.54, 1.807) is 24.3 Å². The summed E-state index contributed by atoms with van der Waals surface area (Å²) in [4.78, 5) is 47.3. The van der Waals surface area contributed by atoms with Crippen LogP contribution in [-0.4, -0.2) is 40.4 Å². The van der Waals surface area contributed by atoms with Crippen LogP contribution in [0.1, 0.15) is 134 Å². The molecule has 0 aliphatic heterocycles. The van der Waals surface area contributed by atoms with E-state index >= 15 is 0 Å². The highest BCUT2D eigenvalue weighted by atomic mass is 16.5. The number of hydrogen-bond donors (Lipinski definition) is 3. The minimum absolute atomic E-state index is 0.00709. The van der Waals surface area contributed by atoms with Crippen molar-refractivity contribution in [2.45, 2.75) is 103 Å². The van der Waals surface area contributed by atoms with E-state index in [2.05, 4.69) is 12.2 Å². The molecule has 224 valence electrons. The minimum atomic E-state index is -1.33. The van der Waals surface area contributed by atoms with Crippen LogP contribution in [0.25, 0.3) is 0 Å². The molecule has 0 heterocycles. The van der Waals surface area contributed by atoms with E-state index in [1.807, 2.05) is 0 Å². The molecule has 0 aliphatic rings. The van der Waals surface area contributed by atoms with Gasteiger partial charge >= 0.3 is 11.9 Å². The second kappa shape index (κ2) is 19.4. The molecular weight excluding hydrogens is 522 g/mol. The molecule has 0 saturated heterocycles. The molecule has 8 nitrogen and oxygen atoms in total. The fourth-order valence-corrected chi connectivity index (χ4v) is 4.62.